The van der Waals surface area contributed by atoms with E-state index in [9.17, 15) is 15.2 Å². The molecule has 0 bridgehead atoms. The fourth-order valence-electron chi connectivity index (χ4n) is 2.78. The molecule has 2 rings (SSSR count). The number of anilines is 1. The van der Waals surface area contributed by atoms with Crippen LogP contribution in [0.15, 0.2) is 18.2 Å². The van der Waals surface area contributed by atoms with Gasteiger partial charge in [-0.15, -0.1) is 0 Å². The summed E-state index contributed by atoms with van der Waals surface area (Å²) in [5.41, 5.74) is 0.0982. The largest absolute Gasteiger partial charge is 0.490 e. The van der Waals surface area contributed by atoms with E-state index >= 15 is 0 Å². The first-order valence-corrected chi connectivity index (χ1v) is 6.71. The molecule has 0 radical (unpaired) electrons. The number of nitro groups is 1. The first kappa shape index (κ1) is 14.6. The molecule has 0 aromatic heterocycles. The predicted octanol–water partition coefficient (Wildman–Crippen LogP) is 2.34. The Hall–Kier alpha value is -1.82. The van der Waals surface area contributed by atoms with Gasteiger partial charge in [0.1, 0.15) is 0 Å². The molecule has 0 spiro atoms. The fourth-order valence-corrected chi connectivity index (χ4v) is 2.78. The highest BCUT2D eigenvalue weighted by molar-refractivity contribution is 5.59. The Morgan fingerprint density at radius 3 is 2.65 bits per heavy atom. The van der Waals surface area contributed by atoms with Crippen molar-refractivity contribution in [3.63, 3.8) is 0 Å². The van der Waals surface area contributed by atoms with Crippen LogP contribution in [0, 0.1) is 10.1 Å². The normalized spacial score (nSPS) is 16.9. The van der Waals surface area contributed by atoms with Crippen LogP contribution in [0.2, 0.25) is 0 Å². The van der Waals surface area contributed by atoms with Crippen molar-refractivity contribution in [2.45, 2.75) is 31.3 Å². The summed E-state index contributed by atoms with van der Waals surface area (Å²) in [5, 5.41) is 21.3. The van der Waals surface area contributed by atoms with Crippen LogP contribution in [0.1, 0.15) is 25.7 Å². The highest BCUT2D eigenvalue weighted by atomic mass is 16.6. The molecule has 6 nitrogen and oxygen atoms in total. The van der Waals surface area contributed by atoms with E-state index in [0.717, 1.165) is 31.4 Å². The standard InChI is InChI=1S/C14H20N2O4/c1-15(10-14(17)7-3-4-8-14)11-5-6-12(16(18)19)13(9-11)20-2/h5-6,9,17H,3-4,7-8,10H2,1-2H3. The third-order valence-electron chi connectivity index (χ3n) is 3.87. The Bertz CT molecular complexity index is 498. The van der Waals surface area contributed by atoms with E-state index in [1.54, 1.807) is 12.1 Å². The van der Waals surface area contributed by atoms with Crippen molar-refractivity contribution >= 4 is 11.4 Å². The summed E-state index contributed by atoms with van der Waals surface area (Å²) in [7, 11) is 3.29. The summed E-state index contributed by atoms with van der Waals surface area (Å²) in [6, 6.07) is 4.75. The first-order chi connectivity index (χ1) is 9.45. The molecule has 0 heterocycles. The Morgan fingerprint density at radius 1 is 1.45 bits per heavy atom. The van der Waals surface area contributed by atoms with E-state index in [1.165, 1.54) is 13.2 Å². The molecule has 1 N–H and O–H groups in total. The van der Waals surface area contributed by atoms with Crippen molar-refractivity contribution in [3.8, 4) is 5.75 Å². The molecule has 1 aliphatic carbocycles. The van der Waals surface area contributed by atoms with Gasteiger partial charge in [-0.2, -0.15) is 0 Å². The fraction of sp³-hybridized carbons (Fsp3) is 0.571. The summed E-state index contributed by atoms with van der Waals surface area (Å²) in [6.45, 7) is 0.522. The molecule has 0 atom stereocenters. The van der Waals surface area contributed by atoms with Gasteiger partial charge in [-0.25, -0.2) is 0 Å². The molecule has 1 saturated carbocycles. The smallest absolute Gasteiger partial charge is 0.311 e. The second kappa shape index (κ2) is 5.66. The lowest BCUT2D eigenvalue weighted by Gasteiger charge is -2.30. The van der Waals surface area contributed by atoms with Crippen LogP contribution in [0.4, 0.5) is 11.4 Å². The van der Waals surface area contributed by atoms with E-state index in [4.69, 9.17) is 4.74 Å². The minimum Gasteiger partial charge on any atom is -0.490 e. The number of hydrogen-bond acceptors (Lipinski definition) is 5. The SMILES string of the molecule is COc1cc(N(C)CC2(O)CCCC2)ccc1[N+](=O)[O-]. The zero-order valence-corrected chi connectivity index (χ0v) is 11.8. The van der Waals surface area contributed by atoms with Gasteiger partial charge in [0.05, 0.1) is 17.6 Å². The van der Waals surface area contributed by atoms with Crippen LogP contribution in [-0.4, -0.2) is 36.3 Å². The molecule has 1 aliphatic rings. The van der Waals surface area contributed by atoms with Crippen LogP contribution < -0.4 is 9.64 Å². The van der Waals surface area contributed by atoms with Crippen molar-refractivity contribution in [2.75, 3.05) is 25.6 Å². The molecule has 1 fully saturated rings. The van der Waals surface area contributed by atoms with Gasteiger partial charge in [0, 0.05) is 31.4 Å². The molecule has 6 heteroatoms. The number of benzene rings is 1. The van der Waals surface area contributed by atoms with Crippen molar-refractivity contribution in [3.05, 3.63) is 28.3 Å². The van der Waals surface area contributed by atoms with Gasteiger partial charge in [-0.05, 0) is 18.9 Å². The van der Waals surface area contributed by atoms with E-state index in [1.807, 2.05) is 11.9 Å². The first-order valence-electron chi connectivity index (χ1n) is 6.71. The Labute approximate surface area is 118 Å². The predicted molar refractivity (Wildman–Crippen MR) is 76.3 cm³/mol. The minimum atomic E-state index is -0.649. The van der Waals surface area contributed by atoms with E-state index in [0.29, 0.717) is 6.54 Å². The highest BCUT2D eigenvalue weighted by Crippen LogP contribution is 2.34. The van der Waals surface area contributed by atoms with Crippen LogP contribution in [0.25, 0.3) is 0 Å². The summed E-state index contributed by atoms with van der Waals surface area (Å²) in [6.07, 6.45) is 3.71. The van der Waals surface area contributed by atoms with Gasteiger partial charge in [-0.3, -0.25) is 10.1 Å². The number of nitrogens with zero attached hydrogens (tertiary/aromatic N) is 2. The number of nitro benzene ring substituents is 1. The number of ether oxygens (including phenoxy) is 1. The van der Waals surface area contributed by atoms with Crippen LogP contribution >= 0.6 is 0 Å². The maximum atomic E-state index is 10.9. The van der Waals surface area contributed by atoms with Crippen molar-refractivity contribution in [2.24, 2.45) is 0 Å². The highest BCUT2D eigenvalue weighted by Gasteiger charge is 2.32. The molecule has 110 valence electrons. The summed E-state index contributed by atoms with van der Waals surface area (Å²) < 4.78 is 5.06. The van der Waals surface area contributed by atoms with Gasteiger partial charge in [-0.1, -0.05) is 12.8 Å². The van der Waals surface area contributed by atoms with E-state index in [2.05, 4.69) is 0 Å². The average Bonchev–Trinajstić information content (AvgIpc) is 2.84. The molecular formula is C14H20N2O4. The molecule has 20 heavy (non-hydrogen) atoms. The molecule has 1 aromatic carbocycles. The third-order valence-corrected chi connectivity index (χ3v) is 3.87. The maximum Gasteiger partial charge on any atom is 0.311 e. The Morgan fingerprint density at radius 2 is 2.10 bits per heavy atom. The number of rotatable bonds is 5. The molecular weight excluding hydrogens is 260 g/mol. The minimum absolute atomic E-state index is 0.0516. The number of likely N-dealkylation sites (N-methyl/N-ethyl adjacent to an activating group) is 1. The van der Waals surface area contributed by atoms with Crippen LogP contribution in [-0.2, 0) is 0 Å². The number of aliphatic hydroxyl groups is 1. The van der Waals surface area contributed by atoms with Crippen LogP contribution in [0.5, 0.6) is 5.75 Å². The zero-order valence-electron chi connectivity index (χ0n) is 11.8. The summed E-state index contributed by atoms with van der Waals surface area (Å²) in [4.78, 5) is 12.3. The second-order valence-corrected chi connectivity index (χ2v) is 5.40. The van der Waals surface area contributed by atoms with Crippen molar-refractivity contribution in [1.82, 2.24) is 0 Å². The van der Waals surface area contributed by atoms with Gasteiger partial charge in [0.25, 0.3) is 0 Å². The van der Waals surface area contributed by atoms with Gasteiger partial charge >= 0.3 is 5.69 Å². The maximum absolute atomic E-state index is 10.9. The molecule has 0 amide bonds. The lowest BCUT2D eigenvalue weighted by molar-refractivity contribution is -0.385. The molecule has 0 saturated heterocycles. The van der Waals surface area contributed by atoms with Crippen molar-refractivity contribution < 1.29 is 14.8 Å². The van der Waals surface area contributed by atoms with E-state index < -0.39 is 10.5 Å². The lowest BCUT2D eigenvalue weighted by atomic mass is 10.0. The monoisotopic (exact) mass is 280 g/mol. The molecule has 0 unspecified atom stereocenters. The Balaban J connectivity index is 2.17. The van der Waals surface area contributed by atoms with Crippen LogP contribution in [0.3, 0.4) is 0 Å². The average molecular weight is 280 g/mol. The Kier molecular flexibility index (Phi) is 4.13. The molecule has 1 aromatic rings. The second-order valence-electron chi connectivity index (χ2n) is 5.40. The van der Waals surface area contributed by atoms with Gasteiger partial charge < -0.3 is 14.7 Å². The number of hydrogen-bond donors (Lipinski definition) is 1. The summed E-state index contributed by atoms with van der Waals surface area (Å²) >= 11 is 0. The zero-order chi connectivity index (χ0) is 14.8. The number of methoxy groups -OCH3 is 1. The molecule has 0 aliphatic heterocycles. The quantitative estimate of drug-likeness (QED) is 0.662. The third kappa shape index (κ3) is 3.01. The van der Waals surface area contributed by atoms with Gasteiger partial charge in [0.2, 0.25) is 0 Å². The topological polar surface area (TPSA) is 75.8 Å². The van der Waals surface area contributed by atoms with Crippen molar-refractivity contribution in [1.29, 1.82) is 0 Å². The lowest BCUT2D eigenvalue weighted by Crippen LogP contribution is -2.39. The van der Waals surface area contributed by atoms with Gasteiger partial charge in [0.15, 0.2) is 5.75 Å². The summed E-state index contributed by atoms with van der Waals surface area (Å²) in [5.74, 6) is 0.234. The van der Waals surface area contributed by atoms with E-state index in [-0.39, 0.29) is 11.4 Å².